The highest BCUT2D eigenvalue weighted by molar-refractivity contribution is 14.0. The molecule has 7 nitrogen and oxygen atoms in total. The maximum Gasteiger partial charge on any atom is 0.244 e. The molecule has 0 saturated carbocycles. The summed E-state index contributed by atoms with van der Waals surface area (Å²) in [4.78, 5) is 22.8. The fourth-order valence-corrected chi connectivity index (χ4v) is 2.98. The molecule has 1 heterocycles. The summed E-state index contributed by atoms with van der Waals surface area (Å²) in [6.45, 7) is 6.20. The highest BCUT2D eigenvalue weighted by Gasteiger charge is 2.09. The Morgan fingerprint density at radius 2 is 2.00 bits per heavy atom. The van der Waals surface area contributed by atoms with Crippen LogP contribution in [0.4, 0.5) is 0 Å². The fourth-order valence-electron chi connectivity index (χ4n) is 2.98. The standard InChI is InChI=1S/C23H33N5O2.HI/c1-5-24-23(26-14-11-19-16-18(2)9-10-21(19)30-4)27-17-22(29)28(3)15-12-20-8-6-7-13-25-20;/h6-10,13,16H,5,11-12,14-15,17H2,1-4H3,(H2,24,26,27);1H. The van der Waals surface area contributed by atoms with Gasteiger partial charge in [0, 0.05) is 45.0 Å². The van der Waals surface area contributed by atoms with E-state index in [1.54, 1.807) is 25.3 Å². The first-order valence-corrected chi connectivity index (χ1v) is 10.3. The largest absolute Gasteiger partial charge is 0.496 e. The van der Waals surface area contributed by atoms with E-state index in [1.165, 1.54) is 5.56 Å². The molecular weight excluding hydrogens is 505 g/mol. The summed E-state index contributed by atoms with van der Waals surface area (Å²) in [5, 5.41) is 6.48. The maximum absolute atomic E-state index is 12.4. The van der Waals surface area contributed by atoms with E-state index in [0.717, 1.165) is 36.4 Å². The molecule has 0 unspecified atom stereocenters. The van der Waals surface area contributed by atoms with Crippen molar-refractivity contribution in [2.75, 3.05) is 40.3 Å². The summed E-state index contributed by atoms with van der Waals surface area (Å²) in [5.74, 6) is 1.49. The summed E-state index contributed by atoms with van der Waals surface area (Å²) in [6.07, 6.45) is 3.29. The van der Waals surface area contributed by atoms with Gasteiger partial charge in [0.2, 0.25) is 5.91 Å². The van der Waals surface area contributed by atoms with Crippen LogP contribution in [0.5, 0.6) is 5.75 Å². The quantitative estimate of drug-likeness (QED) is 0.276. The predicted octanol–water partition coefficient (Wildman–Crippen LogP) is 2.82. The van der Waals surface area contributed by atoms with Gasteiger partial charge >= 0.3 is 0 Å². The van der Waals surface area contributed by atoms with Gasteiger partial charge in [-0.05, 0) is 44.0 Å². The van der Waals surface area contributed by atoms with Gasteiger partial charge in [-0.2, -0.15) is 0 Å². The Balaban J connectivity index is 0.00000480. The van der Waals surface area contributed by atoms with E-state index in [-0.39, 0.29) is 36.4 Å². The average Bonchev–Trinajstić information content (AvgIpc) is 2.76. The zero-order valence-corrected chi connectivity index (χ0v) is 21.2. The fraction of sp³-hybridized carbons (Fsp3) is 0.435. The molecule has 1 aromatic heterocycles. The Kier molecular flexibility index (Phi) is 12.6. The number of pyridine rings is 1. The Labute approximate surface area is 202 Å². The number of rotatable bonds is 10. The minimum Gasteiger partial charge on any atom is -0.496 e. The molecular formula is C23H34IN5O2. The third-order valence-electron chi connectivity index (χ3n) is 4.69. The van der Waals surface area contributed by atoms with Crippen LogP contribution in [-0.2, 0) is 17.6 Å². The first kappa shape index (κ1) is 26.7. The van der Waals surface area contributed by atoms with Crippen LogP contribution >= 0.6 is 24.0 Å². The Bertz CT molecular complexity index is 830. The molecule has 8 heteroatoms. The summed E-state index contributed by atoms with van der Waals surface area (Å²) in [5.41, 5.74) is 3.32. The lowest BCUT2D eigenvalue weighted by atomic mass is 10.1. The van der Waals surface area contributed by atoms with Crippen LogP contribution in [0.15, 0.2) is 47.6 Å². The Morgan fingerprint density at radius 1 is 1.19 bits per heavy atom. The summed E-state index contributed by atoms with van der Waals surface area (Å²) in [7, 11) is 3.48. The molecule has 0 bridgehead atoms. The monoisotopic (exact) mass is 539 g/mol. The SMILES string of the molecule is CCNC(=NCC(=O)N(C)CCc1ccccn1)NCCc1cc(C)ccc1OC.I. The van der Waals surface area contributed by atoms with Gasteiger partial charge in [-0.1, -0.05) is 23.8 Å². The second-order valence-electron chi connectivity index (χ2n) is 7.07. The summed E-state index contributed by atoms with van der Waals surface area (Å²) < 4.78 is 5.44. The van der Waals surface area contributed by atoms with E-state index in [9.17, 15) is 4.79 Å². The van der Waals surface area contributed by atoms with E-state index in [2.05, 4.69) is 33.6 Å². The number of carbonyl (C=O) groups excluding carboxylic acids is 1. The lowest BCUT2D eigenvalue weighted by Gasteiger charge is -2.17. The maximum atomic E-state index is 12.4. The summed E-state index contributed by atoms with van der Waals surface area (Å²) >= 11 is 0. The smallest absolute Gasteiger partial charge is 0.244 e. The average molecular weight is 539 g/mol. The van der Waals surface area contributed by atoms with Crippen molar-refractivity contribution < 1.29 is 9.53 Å². The van der Waals surface area contributed by atoms with Crippen LogP contribution in [0.2, 0.25) is 0 Å². The highest BCUT2D eigenvalue weighted by atomic mass is 127. The van der Waals surface area contributed by atoms with Crippen LogP contribution in [0.3, 0.4) is 0 Å². The van der Waals surface area contributed by atoms with Crippen molar-refractivity contribution >= 4 is 35.8 Å². The number of amides is 1. The molecule has 170 valence electrons. The van der Waals surface area contributed by atoms with Crippen molar-refractivity contribution in [3.8, 4) is 5.75 Å². The molecule has 2 aromatic rings. The van der Waals surface area contributed by atoms with Crippen LogP contribution in [0.25, 0.3) is 0 Å². The molecule has 1 amide bonds. The van der Waals surface area contributed by atoms with Crippen LogP contribution < -0.4 is 15.4 Å². The lowest BCUT2D eigenvalue weighted by molar-refractivity contribution is -0.128. The number of benzene rings is 1. The number of aryl methyl sites for hydroxylation is 1. The van der Waals surface area contributed by atoms with E-state index in [4.69, 9.17) is 4.74 Å². The molecule has 0 radical (unpaired) electrons. The normalized spacial score (nSPS) is 10.8. The molecule has 2 rings (SSSR count). The first-order valence-electron chi connectivity index (χ1n) is 10.3. The van der Waals surface area contributed by atoms with Gasteiger partial charge in [-0.25, -0.2) is 4.99 Å². The number of likely N-dealkylation sites (N-methyl/N-ethyl adjacent to an activating group) is 1. The van der Waals surface area contributed by atoms with Crippen molar-refractivity contribution in [2.24, 2.45) is 4.99 Å². The molecule has 0 saturated heterocycles. The van der Waals surface area contributed by atoms with Crippen molar-refractivity contribution in [1.29, 1.82) is 0 Å². The number of methoxy groups -OCH3 is 1. The minimum absolute atomic E-state index is 0. The number of guanidine groups is 1. The van der Waals surface area contributed by atoms with Gasteiger partial charge < -0.3 is 20.3 Å². The molecule has 31 heavy (non-hydrogen) atoms. The van der Waals surface area contributed by atoms with E-state index >= 15 is 0 Å². The zero-order valence-electron chi connectivity index (χ0n) is 18.9. The number of aromatic nitrogens is 1. The van der Waals surface area contributed by atoms with Gasteiger partial charge in [0.1, 0.15) is 12.3 Å². The van der Waals surface area contributed by atoms with E-state index < -0.39 is 0 Å². The molecule has 0 aliphatic carbocycles. The van der Waals surface area contributed by atoms with Crippen molar-refractivity contribution in [1.82, 2.24) is 20.5 Å². The number of nitrogens with zero attached hydrogens (tertiary/aromatic N) is 3. The molecule has 0 spiro atoms. The molecule has 0 aliphatic rings. The van der Waals surface area contributed by atoms with Crippen LogP contribution in [0, 0.1) is 6.92 Å². The van der Waals surface area contributed by atoms with E-state index in [1.807, 2.05) is 37.3 Å². The minimum atomic E-state index is -0.0245. The molecule has 2 N–H and O–H groups in total. The second-order valence-corrected chi connectivity index (χ2v) is 7.07. The topological polar surface area (TPSA) is 78.9 Å². The molecule has 0 atom stereocenters. The first-order chi connectivity index (χ1) is 14.5. The molecule has 1 aromatic carbocycles. The van der Waals surface area contributed by atoms with Gasteiger partial charge in [-0.3, -0.25) is 9.78 Å². The zero-order chi connectivity index (χ0) is 21.8. The highest BCUT2D eigenvalue weighted by Crippen LogP contribution is 2.19. The van der Waals surface area contributed by atoms with Crippen molar-refractivity contribution in [3.05, 3.63) is 59.4 Å². The molecule has 0 fully saturated rings. The second kappa shape index (κ2) is 14.6. The summed E-state index contributed by atoms with van der Waals surface area (Å²) in [6, 6.07) is 12.0. The van der Waals surface area contributed by atoms with Crippen LogP contribution in [0.1, 0.15) is 23.7 Å². The number of carbonyl (C=O) groups is 1. The van der Waals surface area contributed by atoms with Gasteiger partial charge in [0.05, 0.1) is 7.11 Å². The van der Waals surface area contributed by atoms with Crippen molar-refractivity contribution in [2.45, 2.75) is 26.7 Å². The third kappa shape index (κ3) is 9.54. The number of halogens is 1. The van der Waals surface area contributed by atoms with Gasteiger partial charge in [-0.15, -0.1) is 24.0 Å². The Hall–Kier alpha value is -2.36. The lowest BCUT2D eigenvalue weighted by Crippen LogP contribution is -2.39. The molecule has 0 aliphatic heterocycles. The predicted molar refractivity (Wildman–Crippen MR) is 136 cm³/mol. The van der Waals surface area contributed by atoms with Gasteiger partial charge in [0.15, 0.2) is 5.96 Å². The number of hydrogen-bond acceptors (Lipinski definition) is 4. The van der Waals surface area contributed by atoms with Gasteiger partial charge in [0.25, 0.3) is 0 Å². The number of ether oxygens (including phenoxy) is 1. The van der Waals surface area contributed by atoms with Crippen molar-refractivity contribution in [3.63, 3.8) is 0 Å². The number of nitrogens with one attached hydrogen (secondary N) is 2. The van der Waals surface area contributed by atoms with Crippen LogP contribution in [-0.4, -0.2) is 62.1 Å². The third-order valence-corrected chi connectivity index (χ3v) is 4.69. The van der Waals surface area contributed by atoms with E-state index in [0.29, 0.717) is 19.0 Å². The number of aliphatic imine (C=N–C) groups is 1. The Morgan fingerprint density at radius 3 is 2.68 bits per heavy atom. The number of hydrogen-bond donors (Lipinski definition) is 2.